The van der Waals surface area contributed by atoms with E-state index in [1.165, 1.54) is 0 Å². The number of carbonyl (C=O) groups excluding carboxylic acids is 2. The highest BCUT2D eigenvalue weighted by Crippen LogP contribution is 2.78. The van der Waals surface area contributed by atoms with Gasteiger partial charge in [0.25, 0.3) is 0 Å². The number of rotatable bonds is 5. The van der Waals surface area contributed by atoms with Crippen molar-refractivity contribution in [3.05, 3.63) is 12.2 Å². The van der Waals surface area contributed by atoms with Gasteiger partial charge in [0.2, 0.25) is 6.29 Å². The first kappa shape index (κ1) is 34.5. The van der Waals surface area contributed by atoms with Gasteiger partial charge in [-0.2, -0.15) is 0 Å². The molecule has 1 aliphatic heterocycles. The summed E-state index contributed by atoms with van der Waals surface area (Å²) in [5, 5.41) is 41.1. The Balaban J connectivity index is 1.35. The van der Waals surface area contributed by atoms with E-state index < -0.39 is 48.7 Å². The molecule has 0 amide bonds. The van der Waals surface area contributed by atoms with Crippen molar-refractivity contribution < 1.29 is 39.5 Å². The van der Waals surface area contributed by atoms with Gasteiger partial charge in [0.15, 0.2) is 0 Å². The lowest BCUT2D eigenvalue weighted by molar-refractivity contribution is -0.299. The minimum atomic E-state index is -1.62. The molecule has 0 bridgehead atoms. The molecule has 46 heavy (non-hydrogen) atoms. The van der Waals surface area contributed by atoms with Gasteiger partial charge in [-0.05, 0) is 129 Å². The largest absolute Gasteiger partial charge is 0.432 e. The van der Waals surface area contributed by atoms with Gasteiger partial charge in [-0.1, -0.05) is 46.8 Å². The normalized spacial score (nSPS) is 52.8. The van der Waals surface area contributed by atoms with Gasteiger partial charge in [-0.25, -0.2) is 0 Å². The van der Waals surface area contributed by atoms with Crippen molar-refractivity contribution in [2.24, 2.45) is 62.6 Å². The Morgan fingerprint density at radius 3 is 2.13 bits per heavy atom. The molecule has 0 spiro atoms. The van der Waals surface area contributed by atoms with Gasteiger partial charge >= 0.3 is 5.97 Å². The van der Waals surface area contributed by atoms with Crippen LogP contribution >= 0.6 is 0 Å². The lowest BCUT2D eigenvalue weighted by atomic mass is 9.31. The number of carbonyl (C=O) groups is 2. The zero-order valence-electron chi connectivity index (χ0n) is 29.3. The lowest BCUT2D eigenvalue weighted by Gasteiger charge is -2.73. The molecule has 6 aliphatic rings. The van der Waals surface area contributed by atoms with Gasteiger partial charge < -0.3 is 29.9 Å². The molecule has 15 atom stereocenters. The number of allylic oxidation sites excluding steroid dienone is 1. The van der Waals surface area contributed by atoms with Crippen LogP contribution in [0, 0.1) is 62.6 Å². The van der Waals surface area contributed by atoms with E-state index in [0.717, 1.165) is 56.9 Å². The van der Waals surface area contributed by atoms with Crippen LogP contribution in [0.3, 0.4) is 0 Å². The molecular weight excluding hydrogens is 584 g/mol. The van der Waals surface area contributed by atoms with Crippen LogP contribution in [0.5, 0.6) is 0 Å². The first-order valence-corrected chi connectivity index (χ1v) is 18.1. The van der Waals surface area contributed by atoms with Crippen molar-refractivity contribution in [3.8, 4) is 0 Å². The highest BCUT2D eigenvalue weighted by molar-refractivity contribution is 5.80. The van der Waals surface area contributed by atoms with Crippen LogP contribution in [0.1, 0.15) is 113 Å². The zero-order chi connectivity index (χ0) is 33.8. The quantitative estimate of drug-likeness (QED) is 0.237. The van der Waals surface area contributed by atoms with Crippen LogP contribution in [0.15, 0.2) is 12.2 Å². The van der Waals surface area contributed by atoms with Crippen molar-refractivity contribution >= 4 is 11.8 Å². The van der Waals surface area contributed by atoms with Gasteiger partial charge in [0.1, 0.15) is 30.2 Å². The molecule has 0 radical (unpaired) electrons. The van der Waals surface area contributed by atoms with Crippen molar-refractivity contribution in [2.45, 2.75) is 143 Å². The summed E-state index contributed by atoms with van der Waals surface area (Å²) in [5.41, 5.74) is 0.428. The second-order valence-corrected chi connectivity index (χ2v) is 18.0. The lowest BCUT2D eigenvalue weighted by Crippen LogP contribution is -2.68. The van der Waals surface area contributed by atoms with Crippen LogP contribution in [-0.2, 0) is 19.1 Å². The van der Waals surface area contributed by atoms with Crippen molar-refractivity contribution in [1.29, 1.82) is 0 Å². The second-order valence-electron chi connectivity index (χ2n) is 18.0. The molecule has 8 nitrogen and oxygen atoms in total. The Bertz CT molecular complexity index is 1240. The van der Waals surface area contributed by atoms with Crippen LogP contribution in [-0.4, -0.2) is 69.5 Å². The summed E-state index contributed by atoms with van der Waals surface area (Å²) in [6, 6.07) is 0. The number of Topliss-reactive ketones (excluding diaryl/α,β-unsaturated/α-hetero) is 1. The molecule has 8 heteroatoms. The van der Waals surface area contributed by atoms with Crippen molar-refractivity contribution in [1.82, 2.24) is 0 Å². The summed E-state index contributed by atoms with van der Waals surface area (Å²) in [4.78, 5) is 27.8. The average molecular weight is 645 g/mol. The van der Waals surface area contributed by atoms with E-state index in [1.807, 2.05) is 6.92 Å². The van der Waals surface area contributed by atoms with Gasteiger partial charge in [-0.3, -0.25) is 9.59 Å². The molecule has 4 N–H and O–H groups in total. The summed E-state index contributed by atoms with van der Waals surface area (Å²) in [6.07, 6.45) is 2.06. The first-order valence-electron chi connectivity index (χ1n) is 18.1. The molecule has 5 saturated carbocycles. The number of ketones is 1. The minimum absolute atomic E-state index is 0.0117. The predicted molar refractivity (Wildman–Crippen MR) is 173 cm³/mol. The average Bonchev–Trinajstić information content (AvgIpc) is 3.38. The maximum atomic E-state index is 14.4. The minimum Gasteiger partial charge on any atom is -0.432 e. The van der Waals surface area contributed by atoms with Crippen molar-refractivity contribution in [3.63, 3.8) is 0 Å². The fourth-order valence-electron chi connectivity index (χ4n) is 13.5. The Hall–Kier alpha value is -1.32. The monoisotopic (exact) mass is 644 g/mol. The van der Waals surface area contributed by atoms with E-state index in [1.54, 1.807) is 0 Å². The number of hydrogen-bond acceptors (Lipinski definition) is 8. The number of ether oxygens (including phenoxy) is 2. The fraction of sp³-hybridized carbons (Fsp3) is 0.895. The maximum Gasteiger partial charge on any atom is 0.314 e. The summed E-state index contributed by atoms with van der Waals surface area (Å²) in [7, 11) is 0. The second kappa shape index (κ2) is 11.4. The van der Waals surface area contributed by atoms with E-state index in [0.29, 0.717) is 30.5 Å². The van der Waals surface area contributed by atoms with Gasteiger partial charge in [-0.15, -0.1) is 0 Å². The molecule has 5 aliphatic carbocycles. The topological polar surface area (TPSA) is 134 Å². The van der Waals surface area contributed by atoms with E-state index in [4.69, 9.17) is 9.47 Å². The highest BCUT2D eigenvalue weighted by Gasteiger charge is 2.73. The highest BCUT2D eigenvalue weighted by atomic mass is 16.7. The Kier molecular flexibility index (Phi) is 8.53. The Morgan fingerprint density at radius 1 is 0.804 bits per heavy atom. The first-order chi connectivity index (χ1) is 21.4. The number of aliphatic hydroxyl groups excluding tert-OH is 4. The molecule has 1 heterocycles. The molecule has 1 saturated heterocycles. The van der Waals surface area contributed by atoms with E-state index >= 15 is 0 Å². The number of hydrogen-bond donors (Lipinski definition) is 4. The third kappa shape index (κ3) is 4.55. The molecule has 6 fully saturated rings. The van der Waals surface area contributed by atoms with E-state index in [9.17, 15) is 30.0 Å². The van der Waals surface area contributed by atoms with E-state index in [-0.39, 0.29) is 45.3 Å². The summed E-state index contributed by atoms with van der Waals surface area (Å²) in [5.74, 6) is 1.40. The Labute approximate surface area is 275 Å². The van der Waals surface area contributed by atoms with E-state index in [2.05, 4.69) is 48.1 Å². The molecule has 0 aromatic heterocycles. The predicted octanol–water partition coefficient (Wildman–Crippen LogP) is 5.19. The third-order valence-corrected chi connectivity index (χ3v) is 16.0. The number of esters is 1. The number of aliphatic hydroxyl groups is 4. The molecule has 6 rings (SSSR count). The van der Waals surface area contributed by atoms with Crippen molar-refractivity contribution in [2.75, 3.05) is 6.61 Å². The number of fused-ring (bicyclic) bond motifs is 7. The van der Waals surface area contributed by atoms with Crippen LogP contribution in [0.25, 0.3) is 0 Å². The zero-order valence-corrected chi connectivity index (χ0v) is 29.3. The summed E-state index contributed by atoms with van der Waals surface area (Å²) < 4.78 is 11.6. The molecule has 260 valence electrons. The SMILES string of the molecule is C=C(C)[C@@H]1CC[C@]2(C(=O)O[C@H]3O[C@H](CO)[C@@H](O)[C@H](O)[C@@H]3O)CC[C@]3(C)[C@H](CC[C@@H]4[C@@]5(C)C(C(C)=O)CCC(C)(C)[C@@H]5CC[C@]43C)[C@@H]12. The standard InChI is InChI=1S/C38H60O8/c1-20(2)22-11-16-38(33(44)46-32-31(43)30(42)29(41)25(19-39)45-32)18-17-35(6)24(28(22)38)9-10-27-36(35,7)15-13-26-34(4,5)14-12-23(21(3)40)37(26,27)8/h22-32,39,41-43H,1,9-19H2,2-8H3/t22-,23?,24+,25+,26-,27-,28+,29+,30-,31-,32+,35+,36+,37-,38-/m0/s1. The fourth-order valence-corrected chi connectivity index (χ4v) is 13.5. The van der Waals surface area contributed by atoms with Gasteiger partial charge in [0, 0.05) is 5.92 Å². The molecule has 1 unspecified atom stereocenters. The smallest absolute Gasteiger partial charge is 0.314 e. The maximum absolute atomic E-state index is 14.4. The van der Waals surface area contributed by atoms with Crippen LogP contribution in [0.4, 0.5) is 0 Å². The third-order valence-electron chi connectivity index (χ3n) is 16.0. The molecule has 0 aromatic carbocycles. The summed E-state index contributed by atoms with van der Waals surface area (Å²) in [6.45, 7) is 20.1. The summed E-state index contributed by atoms with van der Waals surface area (Å²) >= 11 is 0. The van der Waals surface area contributed by atoms with Crippen LogP contribution in [0.2, 0.25) is 0 Å². The molecular formula is C38H60O8. The van der Waals surface area contributed by atoms with Crippen LogP contribution < -0.4 is 0 Å². The molecule has 0 aromatic rings. The van der Waals surface area contributed by atoms with Gasteiger partial charge in [0.05, 0.1) is 12.0 Å². The Morgan fingerprint density at radius 2 is 1.50 bits per heavy atom.